The fourth-order valence-electron chi connectivity index (χ4n) is 1.94. The Labute approximate surface area is 128 Å². The van der Waals surface area contributed by atoms with Crippen molar-refractivity contribution in [1.29, 1.82) is 0 Å². The van der Waals surface area contributed by atoms with Crippen molar-refractivity contribution in [1.82, 2.24) is 4.98 Å². The molecular weight excluding hydrogens is 290 g/mol. The van der Waals surface area contributed by atoms with E-state index in [9.17, 15) is 9.90 Å². The van der Waals surface area contributed by atoms with Gasteiger partial charge in [0.25, 0.3) is 0 Å². The van der Waals surface area contributed by atoms with E-state index in [4.69, 9.17) is 16.3 Å². The van der Waals surface area contributed by atoms with Crippen LogP contribution in [0, 0.1) is 0 Å². The fraction of sp³-hybridized carbons (Fsp3) is 0.250. The Morgan fingerprint density at radius 3 is 2.76 bits per heavy atom. The lowest BCUT2D eigenvalue weighted by molar-refractivity contribution is -0.255. The lowest BCUT2D eigenvalue weighted by Crippen LogP contribution is -2.23. The maximum Gasteiger partial charge on any atom is 0.123 e. The van der Waals surface area contributed by atoms with E-state index in [2.05, 4.69) is 4.98 Å². The zero-order chi connectivity index (χ0) is 15.4. The Morgan fingerprint density at radius 1 is 1.33 bits per heavy atom. The molecule has 1 aromatic heterocycles. The van der Waals surface area contributed by atoms with E-state index in [1.807, 2.05) is 13.8 Å². The zero-order valence-corrected chi connectivity index (χ0v) is 12.6. The van der Waals surface area contributed by atoms with Gasteiger partial charge in [-0.25, -0.2) is 0 Å². The molecule has 0 saturated heterocycles. The number of ether oxygens (including phenoxy) is 1. The highest BCUT2D eigenvalue weighted by Crippen LogP contribution is 2.26. The number of carboxylic acids is 1. The minimum absolute atomic E-state index is 0.0347. The molecule has 0 bridgehead atoms. The second kappa shape index (κ2) is 6.59. The Bertz CT molecular complexity index is 656. The first-order valence-electron chi connectivity index (χ1n) is 6.58. The summed E-state index contributed by atoms with van der Waals surface area (Å²) in [5.41, 5.74) is 1.40. The molecule has 0 N–H and O–H groups in total. The molecule has 1 aromatic carbocycles. The number of hydrogen-bond acceptors (Lipinski definition) is 4. The van der Waals surface area contributed by atoms with Gasteiger partial charge in [-0.15, -0.1) is 0 Å². The van der Waals surface area contributed by atoms with E-state index in [-0.39, 0.29) is 11.8 Å². The molecule has 5 heteroatoms. The van der Waals surface area contributed by atoms with Gasteiger partial charge in [-0.3, -0.25) is 4.98 Å². The highest BCUT2D eigenvalue weighted by molar-refractivity contribution is 6.30. The predicted molar refractivity (Wildman–Crippen MR) is 78.6 cm³/mol. The average Bonchev–Trinajstić information content (AvgIpc) is 2.42. The van der Waals surface area contributed by atoms with Crippen LogP contribution in [0.5, 0.6) is 5.75 Å². The number of carboxylic acid groups (broad SMARTS) is 1. The number of benzene rings is 1. The number of aromatic carboxylic acids is 1. The average molecular weight is 305 g/mol. The Hall–Kier alpha value is -2.07. The number of carbonyl (C=O) groups is 1. The van der Waals surface area contributed by atoms with E-state index in [1.165, 1.54) is 6.07 Å². The maximum atomic E-state index is 10.9. The third-order valence-electron chi connectivity index (χ3n) is 2.77. The summed E-state index contributed by atoms with van der Waals surface area (Å²) in [6, 6.07) is 10.2. The van der Waals surface area contributed by atoms with Gasteiger partial charge < -0.3 is 14.6 Å². The molecule has 4 nitrogen and oxygen atoms in total. The quantitative estimate of drug-likeness (QED) is 0.851. The molecule has 0 aliphatic carbocycles. The number of halogens is 1. The molecule has 0 unspecified atom stereocenters. The van der Waals surface area contributed by atoms with E-state index < -0.39 is 5.97 Å². The lowest BCUT2D eigenvalue weighted by Gasteiger charge is -2.15. The molecule has 0 fully saturated rings. The molecule has 2 rings (SSSR count). The van der Waals surface area contributed by atoms with E-state index in [1.54, 1.807) is 30.3 Å². The standard InChI is InChI=1S/C16H16ClNO3/c1-10(2)21-15-7-6-12(17)8-11(15)9-13-4-3-5-14(18-13)16(19)20/h3-8,10H,9H2,1-2H3,(H,19,20)/p-1. The number of carbonyl (C=O) groups excluding carboxylic acids is 1. The number of nitrogens with zero attached hydrogens (tertiary/aromatic N) is 1. The molecule has 0 saturated carbocycles. The molecule has 21 heavy (non-hydrogen) atoms. The van der Waals surface area contributed by atoms with Crippen molar-refractivity contribution in [3.63, 3.8) is 0 Å². The van der Waals surface area contributed by atoms with Crippen LogP contribution in [0.25, 0.3) is 0 Å². The second-order valence-corrected chi connectivity index (χ2v) is 5.33. The molecule has 0 radical (unpaired) electrons. The summed E-state index contributed by atoms with van der Waals surface area (Å²) in [4.78, 5) is 14.9. The SMILES string of the molecule is CC(C)Oc1ccc(Cl)cc1Cc1cccc(C(=O)[O-])n1. The van der Waals surface area contributed by atoms with Gasteiger partial charge in [0.05, 0.1) is 17.8 Å². The molecule has 0 amide bonds. The molecule has 0 aliphatic rings. The summed E-state index contributed by atoms with van der Waals surface area (Å²) < 4.78 is 5.74. The lowest BCUT2D eigenvalue weighted by atomic mass is 10.1. The highest BCUT2D eigenvalue weighted by Gasteiger charge is 2.09. The Kier molecular flexibility index (Phi) is 4.81. The van der Waals surface area contributed by atoms with Crippen molar-refractivity contribution in [2.75, 3.05) is 0 Å². The van der Waals surface area contributed by atoms with Crippen LogP contribution in [-0.4, -0.2) is 17.1 Å². The topological polar surface area (TPSA) is 62.2 Å². The van der Waals surface area contributed by atoms with Crippen LogP contribution in [-0.2, 0) is 6.42 Å². The van der Waals surface area contributed by atoms with E-state index in [0.717, 1.165) is 11.3 Å². The first-order chi connectivity index (χ1) is 9.95. The normalized spacial score (nSPS) is 10.7. The zero-order valence-electron chi connectivity index (χ0n) is 11.8. The van der Waals surface area contributed by atoms with Crippen molar-refractivity contribution < 1.29 is 14.6 Å². The second-order valence-electron chi connectivity index (χ2n) is 4.90. The maximum absolute atomic E-state index is 10.9. The van der Waals surface area contributed by atoms with Crippen molar-refractivity contribution in [2.45, 2.75) is 26.4 Å². The van der Waals surface area contributed by atoms with Gasteiger partial charge in [0.15, 0.2) is 0 Å². The smallest absolute Gasteiger partial charge is 0.123 e. The summed E-state index contributed by atoms with van der Waals surface area (Å²) in [6.45, 7) is 3.88. The van der Waals surface area contributed by atoms with Gasteiger partial charge in [-0.1, -0.05) is 17.7 Å². The van der Waals surface area contributed by atoms with Gasteiger partial charge in [-0.05, 0) is 44.2 Å². The summed E-state index contributed by atoms with van der Waals surface area (Å²) >= 11 is 6.02. The minimum Gasteiger partial charge on any atom is -0.543 e. The third kappa shape index (κ3) is 4.20. The molecule has 110 valence electrons. The third-order valence-corrected chi connectivity index (χ3v) is 3.01. The highest BCUT2D eigenvalue weighted by atomic mass is 35.5. The van der Waals surface area contributed by atoms with Crippen molar-refractivity contribution in [3.05, 3.63) is 58.4 Å². The summed E-state index contributed by atoms with van der Waals surface area (Å²) in [6.07, 6.45) is 0.469. The van der Waals surface area contributed by atoms with Crippen LogP contribution in [0.15, 0.2) is 36.4 Å². The van der Waals surface area contributed by atoms with Gasteiger partial charge in [0.2, 0.25) is 0 Å². The molecule has 0 atom stereocenters. The summed E-state index contributed by atoms with van der Waals surface area (Å²) in [5.74, 6) is -0.573. The van der Waals surface area contributed by atoms with Crippen LogP contribution in [0.3, 0.4) is 0 Å². The first kappa shape index (κ1) is 15.3. The van der Waals surface area contributed by atoms with Gasteiger partial charge >= 0.3 is 0 Å². The first-order valence-corrected chi connectivity index (χ1v) is 6.96. The van der Waals surface area contributed by atoms with Crippen molar-refractivity contribution >= 4 is 17.6 Å². The summed E-state index contributed by atoms with van der Waals surface area (Å²) in [5, 5.41) is 11.4. The molecule has 0 spiro atoms. The predicted octanol–water partition coefficient (Wildman–Crippen LogP) is 2.48. The van der Waals surface area contributed by atoms with Crippen LogP contribution >= 0.6 is 11.6 Å². The van der Waals surface area contributed by atoms with Crippen LogP contribution in [0.2, 0.25) is 5.02 Å². The minimum atomic E-state index is -1.29. The van der Waals surface area contributed by atoms with Crippen molar-refractivity contribution in [3.8, 4) is 5.75 Å². The van der Waals surface area contributed by atoms with Crippen LogP contribution < -0.4 is 9.84 Å². The fourth-order valence-corrected chi connectivity index (χ4v) is 2.14. The number of aromatic nitrogens is 1. The largest absolute Gasteiger partial charge is 0.543 e. The molecular formula is C16H15ClNO3-. The summed E-state index contributed by atoms with van der Waals surface area (Å²) in [7, 11) is 0. The number of rotatable bonds is 5. The van der Waals surface area contributed by atoms with Gasteiger partial charge in [-0.2, -0.15) is 0 Å². The molecule has 2 aromatic rings. The van der Waals surface area contributed by atoms with Gasteiger partial charge in [0.1, 0.15) is 5.75 Å². The van der Waals surface area contributed by atoms with Crippen LogP contribution in [0.1, 0.15) is 35.6 Å². The van der Waals surface area contributed by atoms with Crippen LogP contribution in [0.4, 0.5) is 0 Å². The number of pyridine rings is 1. The van der Waals surface area contributed by atoms with E-state index >= 15 is 0 Å². The molecule has 1 heterocycles. The Morgan fingerprint density at radius 2 is 2.10 bits per heavy atom. The number of hydrogen-bond donors (Lipinski definition) is 0. The molecule has 0 aliphatic heterocycles. The van der Waals surface area contributed by atoms with Gasteiger partial charge in [0, 0.05) is 22.7 Å². The van der Waals surface area contributed by atoms with Crippen molar-refractivity contribution in [2.24, 2.45) is 0 Å². The van der Waals surface area contributed by atoms with E-state index in [0.29, 0.717) is 17.1 Å². The Balaban J connectivity index is 2.32. The monoisotopic (exact) mass is 304 g/mol.